The molecule has 2 unspecified atom stereocenters. The fraction of sp³-hybridized carbons (Fsp3) is 0.395. The van der Waals surface area contributed by atoms with E-state index < -0.39 is 17.9 Å². The number of hydrogen-bond acceptors (Lipinski definition) is 6. The summed E-state index contributed by atoms with van der Waals surface area (Å²) in [6.45, 7) is 15.0. The first-order valence-corrected chi connectivity index (χ1v) is 16.7. The first-order chi connectivity index (χ1) is 23.2. The van der Waals surface area contributed by atoms with Gasteiger partial charge < -0.3 is 30.4 Å². The lowest BCUT2D eigenvalue weighted by Gasteiger charge is -2.18. The molecule has 11 nitrogen and oxygen atoms in total. The number of hydrogen-bond donors (Lipinski definition) is 5. The van der Waals surface area contributed by atoms with Gasteiger partial charge in [0.2, 0.25) is 5.91 Å². The van der Waals surface area contributed by atoms with Gasteiger partial charge in [0, 0.05) is 70.2 Å². The predicted octanol–water partition coefficient (Wildman–Crippen LogP) is 6.12. The highest BCUT2D eigenvalue weighted by Crippen LogP contribution is 2.43. The molecule has 11 heteroatoms. The number of nitrogens with zero attached hydrogens (tertiary/aromatic N) is 3. The van der Waals surface area contributed by atoms with Crippen molar-refractivity contribution in [2.45, 2.75) is 72.1 Å². The van der Waals surface area contributed by atoms with E-state index in [2.05, 4.69) is 41.8 Å². The van der Waals surface area contributed by atoms with Crippen LogP contribution in [0.15, 0.2) is 24.8 Å². The smallest absolute Gasteiger partial charge is 0.338 e. The second kappa shape index (κ2) is 14.2. The van der Waals surface area contributed by atoms with Crippen LogP contribution in [-0.4, -0.2) is 80.1 Å². The van der Waals surface area contributed by atoms with E-state index in [4.69, 9.17) is 9.97 Å². The predicted molar refractivity (Wildman–Crippen MR) is 193 cm³/mol. The summed E-state index contributed by atoms with van der Waals surface area (Å²) in [5.41, 5.74) is 10.3. The Balaban J connectivity index is 1.95. The van der Waals surface area contributed by atoms with Crippen molar-refractivity contribution in [1.29, 1.82) is 0 Å². The average Bonchev–Trinajstić information content (AvgIpc) is 3.71. The fourth-order valence-corrected chi connectivity index (χ4v) is 7.02. The number of aromatic nitrogens is 4. The number of allylic oxidation sites excluding steroid dienone is 1. The topological polar surface area (TPSA) is 164 Å². The minimum atomic E-state index is -1.16. The number of carboxylic acid groups (broad SMARTS) is 2. The van der Waals surface area contributed by atoms with Crippen LogP contribution in [0.4, 0.5) is 0 Å². The molecule has 3 aromatic heterocycles. The quantitative estimate of drug-likeness (QED) is 0.163. The van der Waals surface area contributed by atoms with Crippen molar-refractivity contribution in [3.05, 3.63) is 75.4 Å². The van der Waals surface area contributed by atoms with Crippen LogP contribution in [-0.2, 0) is 27.2 Å². The summed E-state index contributed by atoms with van der Waals surface area (Å²) < 4.78 is 0. The van der Waals surface area contributed by atoms with Gasteiger partial charge >= 0.3 is 11.9 Å². The summed E-state index contributed by atoms with van der Waals surface area (Å²) in [5, 5.41) is 23.2. The Morgan fingerprint density at radius 2 is 1.67 bits per heavy atom. The van der Waals surface area contributed by atoms with Crippen LogP contribution in [0.1, 0.15) is 96.0 Å². The molecular weight excluding hydrogens is 620 g/mol. The summed E-state index contributed by atoms with van der Waals surface area (Å²) in [4.78, 5) is 57.5. The Hall–Kier alpha value is -5.03. The van der Waals surface area contributed by atoms with Gasteiger partial charge in [-0.15, -0.1) is 0 Å². The molecule has 2 aliphatic rings. The highest BCUT2D eigenvalue weighted by atomic mass is 16.4. The molecule has 8 bridgehead atoms. The van der Waals surface area contributed by atoms with Gasteiger partial charge in [-0.1, -0.05) is 26.5 Å². The number of aryl methyl sites for hydroxylation is 3. The van der Waals surface area contributed by atoms with Gasteiger partial charge in [0.25, 0.3) is 0 Å². The van der Waals surface area contributed by atoms with Crippen LogP contribution in [0.2, 0.25) is 0 Å². The van der Waals surface area contributed by atoms with Gasteiger partial charge in [-0.3, -0.25) is 14.6 Å². The first kappa shape index (κ1) is 35.3. The van der Waals surface area contributed by atoms with Crippen molar-refractivity contribution in [3.8, 4) is 0 Å². The number of aromatic amines is 2. The van der Waals surface area contributed by atoms with Crippen LogP contribution in [0.3, 0.4) is 0 Å². The zero-order valence-electron chi connectivity index (χ0n) is 29.4. The average molecular weight is 667 g/mol. The molecule has 5 heterocycles. The number of likely N-dealkylation sites (N-methyl/N-ethyl adjacent to an activating group) is 1. The number of nitrogens with one attached hydrogen (secondary N) is 3. The summed E-state index contributed by atoms with van der Waals surface area (Å²) in [7, 11) is 3.82. The van der Waals surface area contributed by atoms with E-state index in [1.54, 1.807) is 6.92 Å². The van der Waals surface area contributed by atoms with E-state index in [0.29, 0.717) is 41.3 Å². The third-order valence-electron chi connectivity index (χ3n) is 9.83. The van der Waals surface area contributed by atoms with Crippen LogP contribution >= 0.6 is 0 Å². The van der Waals surface area contributed by atoms with E-state index >= 15 is 0 Å². The van der Waals surface area contributed by atoms with Crippen molar-refractivity contribution in [1.82, 2.24) is 30.2 Å². The Labute approximate surface area is 286 Å². The number of rotatable bonds is 11. The maximum Gasteiger partial charge on any atom is 0.338 e. The lowest BCUT2D eigenvalue weighted by atomic mass is 9.84. The SMILES string of the molecule is C=Cc1c(C)c2cc3nc(c(CC(=O)NCCN(C)C)c4nc(cc5[nH]c(cc1[nH]2)c(C)c5CC)C(C)=C4C(=O)O)C(CCC(=O)O)C3C. The molecule has 0 aromatic carbocycles. The molecule has 0 fully saturated rings. The number of fused-ring (bicyclic) bond motifs is 8. The molecule has 0 radical (unpaired) electrons. The molecule has 1 amide bonds. The normalized spacial score (nSPS) is 15.9. The van der Waals surface area contributed by atoms with E-state index in [1.807, 2.05) is 51.1 Å². The Bertz CT molecular complexity index is 2050. The minimum Gasteiger partial charge on any atom is -0.481 e. The van der Waals surface area contributed by atoms with Crippen LogP contribution < -0.4 is 5.32 Å². The molecular formula is C38H46N6O5. The first-order valence-electron chi connectivity index (χ1n) is 16.7. The number of aliphatic carboxylic acids is 2. The fourth-order valence-electron chi connectivity index (χ4n) is 7.02. The number of carboxylic acids is 2. The standard InChI is InChI=1S/C38H46N6O5/c1-9-23-19(3)27-16-29-21(5)25(11-12-34(46)47)36(42-29)26(15-33(45)39-13-14-44(7)8)37-35(38(48)49)22(6)30(43-37)18-32-24(10-2)20(4)28(41-32)17-31(23)40-27/h9,16-18,21,25,40-41H,1,10-15H2,2-8H3,(H,39,45)(H,46,47)(H,48,49). The molecule has 0 saturated carbocycles. The molecule has 0 spiro atoms. The van der Waals surface area contributed by atoms with Crippen LogP contribution in [0, 0.1) is 13.8 Å². The van der Waals surface area contributed by atoms with Crippen molar-refractivity contribution in [2.75, 3.05) is 27.2 Å². The summed E-state index contributed by atoms with van der Waals surface area (Å²) in [6.07, 6.45) is 2.54. The van der Waals surface area contributed by atoms with Crippen LogP contribution in [0.25, 0.3) is 39.3 Å². The zero-order chi connectivity index (χ0) is 35.7. The van der Waals surface area contributed by atoms with Gasteiger partial charge in [-0.05, 0) is 88.2 Å². The van der Waals surface area contributed by atoms with Crippen molar-refractivity contribution in [2.24, 2.45) is 0 Å². The Kier molecular flexibility index (Phi) is 10.2. The molecule has 0 saturated heterocycles. The van der Waals surface area contributed by atoms with Crippen molar-refractivity contribution < 1.29 is 24.6 Å². The molecule has 2 atom stereocenters. The number of amides is 1. The largest absolute Gasteiger partial charge is 0.481 e. The third-order valence-corrected chi connectivity index (χ3v) is 9.83. The molecule has 49 heavy (non-hydrogen) atoms. The Morgan fingerprint density at radius 1 is 0.980 bits per heavy atom. The summed E-state index contributed by atoms with van der Waals surface area (Å²) in [6, 6.07) is 5.91. The molecule has 258 valence electrons. The molecule has 2 aliphatic heterocycles. The van der Waals surface area contributed by atoms with Gasteiger partial charge in [-0.2, -0.15) is 0 Å². The second-order valence-corrected chi connectivity index (χ2v) is 13.2. The van der Waals surface area contributed by atoms with Gasteiger partial charge in [0.05, 0.1) is 29.1 Å². The third kappa shape index (κ3) is 6.94. The summed E-state index contributed by atoms with van der Waals surface area (Å²) in [5.74, 6) is -3.03. The lowest BCUT2D eigenvalue weighted by molar-refractivity contribution is -0.137. The number of carbonyl (C=O) groups excluding carboxylic acids is 1. The zero-order valence-corrected chi connectivity index (χ0v) is 29.4. The maximum absolute atomic E-state index is 13.5. The highest BCUT2D eigenvalue weighted by molar-refractivity contribution is 6.24. The van der Waals surface area contributed by atoms with Crippen molar-refractivity contribution in [3.63, 3.8) is 0 Å². The number of carbonyl (C=O) groups is 3. The van der Waals surface area contributed by atoms with Gasteiger partial charge in [0.15, 0.2) is 0 Å². The second-order valence-electron chi connectivity index (χ2n) is 13.2. The lowest BCUT2D eigenvalue weighted by Crippen LogP contribution is -2.32. The van der Waals surface area contributed by atoms with E-state index in [-0.39, 0.29) is 42.4 Å². The van der Waals surface area contributed by atoms with Gasteiger partial charge in [-0.25, -0.2) is 9.78 Å². The monoisotopic (exact) mass is 666 g/mol. The minimum absolute atomic E-state index is 0.00425. The van der Waals surface area contributed by atoms with E-state index in [9.17, 15) is 24.6 Å². The van der Waals surface area contributed by atoms with Crippen molar-refractivity contribution >= 4 is 57.1 Å². The highest BCUT2D eigenvalue weighted by Gasteiger charge is 2.35. The maximum atomic E-state index is 13.5. The molecule has 5 N–H and O–H groups in total. The molecule has 3 aromatic rings. The van der Waals surface area contributed by atoms with Gasteiger partial charge in [0.1, 0.15) is 0 Å². The number of H-pyrrole nitrogens is 2. The van der Waals surface area contributed by atoms with E-state index in [1.165, 1.54) is 0 Å². The Morgan fingerprint density at radius 3 is 2.31 bits per heavy atom. The van der Waals surface area contributed by atoms with Crippen LogP contribution in [0.5, 0.6) is 0 Å². The van der Waals surface area contributed by atoms with E-state index in [0.717, 1.165) is 50.7 Å². The summed E-state index contributed by atoms with van der Waals surface area (Å²) >= 11 is 0. The molecule has 5 rings (SSSR count). The molecule has 0 aliphatic carbocycles.